The van der Waals surface area contributed by atoms with Crippen LogP contribution in [-0.2, 0) is 9.53 Å². The van der Waals surface area contributed by atoms with Crippen molar-refractivity contribution < 1.29 is 32.6 Å². The van der Waals surface area contributed by atoms with Gasteiger partial charge in [0.25, 0.3) is 5.91 Å². The molecule has 1 atom stereocenters. The number of hydrogen-bond donors (Lipinski definition) is 2. The maximum Gasteiger partial charge on any atom is 0.426 e. The first kappa shape index (κ1) is 20.4. The van der Waals surface area contributed by atoms with E-state index in [9.17, 15) is 23.2 Å². The molecule has 1 saturated heterocycles. The Morgan fingerprint density at radius 3 is 2.70 bits per heavy atom. The number of hydrogen-bond acceptors (Lipinski definition) is 5. The van der Waals surface area contributed by atoms with Crippen molar-refractivity contribution in [1.29, 1.82) is 0 Å². The van der Waals surface area contributed by atoms with Crippen LogP contribution in [0, 0.1) is 5.92 Å². The van der Waals surface area contributed by atoms with Gasteiger partial charge in [0.15, 0.2) is 0 Å². The van der Waals surface area contributed by atoms with Crippen LogP contribution in [0.1, 0.15) is 30.1 Å². The topological polar surface area (TPSA) is 97.0 Å². The number of ether oxygens (including phenoxy) is 2. The highest BCUT2D eigenvalue weighted by Gasteiger charge is 2.30. The molecule has 1 unspecified atom stereocenters. The molecule has 1 fully saturated rings. The molecule has 10 heteroatoms. The van der Waals surface area contributed by atoms with E-state index < -0.39 is 30.4 Å². The lowest BCUT2D eigenvalue weighted by Gasteiger charge is -2.32. The van der Waals surface area contributed by atoms with E-state index in [0.717, 1.165) is 0 Å². The standard InChI is InChI=1S/C17H21F2N3O5/c1-2-26-17(25)21-20-14(23)11-6-5-9-22(10-11)15(24)12-7-3-4-8-13(12)27-16(18)19/h3-4,7-8,11,16H,2,5-6,9-10H2,1H3,(H,20,23)(H,21,25). The molecule has 0 radical (unpaired) electrons. The molecule has 8 nitrogen and oxygen atoms in total. The van der Waals surface area contributed by atoms with Gasteiger partial charge in [-0.05, 0) is 31.9 Å². The highest BCUT2D eigenvalue weighted by Crippen LogP contribution is 2.25. The number of carbonyl (C=O) groups excluding carboxylic acids is 3. The van der Waals surface area contributed by atoms with Crippen LogP contribution >= 0.6 is 0 Å². The predicted molar refractivity (Wildman–Crippen MR) is 90.0 cm³/mol. The lowest BCUT2D eigenvalue weighted by Crippen LogP contribution is -2.50. The second-order valence-corrected chi connectivity index (χ2v) is 5.80. The second-order valence-electron chi connectivity index (χ2n) is 5.80. The molecular weight excluding hydrogens is 364 g/mol. The van der Waals surface area contributed by atoms with Crippen molar-refractivity contribution >= 4 is 17.9 Å². The minimum atomic E-state index is -3.05. The maximum atomic E-state index is 12.7. The predicted octanol–water partition coefficient (Wildman–Crippen LogP) is 1.92. The monoisotopic (exact) mass is 385 g/mol. The van der Waals surface area contributed by atoms with Crippen molar-refractivity contribution in [2.24, 2.45) is 5.92 Å². The van der Waals surface area contributed by atoms with E-state index in [-0.39, 0.29) is 24.5 Å². The van der Waals surface area contributed by atoms with Crippen LogP contribution < -0.4 is 15.6 Å². The van der Waals surface area contributed by atoms with Crippen LogP contribution in [0.25, 0.3) is 0 Å². The molecule has 1 aromatic carbocycles. The summed E-state index contributed by atoms with van der Waals surface area (Å²) in [5.74, 6) is -1.72. The number of carbonyl (C=O) groups is 3. The quantitative estimate of drug-likeness (QED) is 0.755. The number of para-hydroxylation sites is 1. The number of halogens is 2. The molecule has 0 saturated carbocycles. The number of likely N-dealkylation sites (tertiary alicyclic amines) is 1. The average molecular weight is 385 g/mol. The zero-order valence-electron chi connectivity index (χ0n) is 14.7. The number of amides is 3. The van der Waals surface area contributed by atoms with Gasteiger partial charge in [0.05, 0.1) is 18.1 Å². The molecule has 148 valence electrons. The smallest absolute Gasteiger partial charge is 0.426 e. The van der Waals surface area contributed by atoms with E-state index in [1.165, 1.54) is 23.1 Å². The third-order valence-electron chi connectivity index (χ3n) is 3.98. The second kappa shape index (κ2) is 9.70. The minimum absolute atomic E-state index is 0.00325. The summed E-state index contributed by atoms with van der Waals surface area (Å²) in [6.45, 7) is -0.780. The largest absolute Gasteiger partial charge is 0.449 e. The van der Waals surface area contributed by atoms with Crippen LogP contribution in [-0.4, -0.2) is 49.1 Å². The van der Waals surface area contributed by atoms with Gasteiger partial charge in [-0.15, -0.1) is 0 Å². The normalized spacial score (nSPS) is 16.6. The Labute approximate surface area is 154 Å². The fourth-order valence-corrected chi connectivity index (χ4v) is 2.77. The molecule has 1 aromatic rings. The van der Waals surface area contributed by atoms with Gasteiger partial charge in [-0.25, -0.2) is 10.2 Å². The van der Waals surface area contributed by atoms with Crippen LogP contribution in [0.5, 0.6) is 5.75 Å². The van der Waals surface area contributed by atoms with Crippen LogP contribution in [0.3, 0.4) is 0 Å². The summed E-state index contributed by atoms with van der Waals surface area (Å²) < 4.78 is 34.1. The average Bonchev–Trinajstić information content (AvgIpc) is 2.66. The third-order valence-corrected chi connectivity index (χ3v) is 3.98. The van der Waals surface area contributed by atoms with E-state index in [4.69, 9.17) is 0 Å². The number of piperidine rings is 1. The first-order chi connectivity index (χ1) is 12.9. The summed E-state index contributed by atoms with van der Waals surface area (Å²) in [4.78, 5) is 37.5. The SMILES string of the molecule is CCOC(=O)NNC(=O)C1CCCN(C(=O)c2ccccc2OC(F)F)C1. The highest BCUT2D eigenvalue weighted by atomic mass is 19.3. The number of nitrogens with one attached hydrogen (secondary N) is 2. The maximum absolute atomic E-state index is 12.7. The van der Waals surface area contributed by atoms with Crippen molar-refractivity contribution in [1.82, 2.24) is 15.8 Å². The van der Waals surface area contributed by atoms with E-state index in [1.54, 1.807) is 13.0 Å². The summed E-state index contributed by atoms with van der Waals surface area (Å²) >= 11 is 0. The number of nitrogens with zero attached hydrogens (tertiary/aromatic N) is 1. The molecule has 2 rings (SSSR count). The van der Waals surface area contributed by atoms with Gasteiger partial charge in [0, 0.05) is 13.1 Å². The Bertz CT molecular complexity index is 686. The molecule has 0 spiro atoms. The minimum Gasteiger partial charge on any atom is -0.449 e. The number of rotatable bonds is 5. The molecule has 3 amide bonds. The molecular formula is C17H21F2N3O5. The zero-order valence-corrected chi connectivity index (χ0v) is 14.7. The molecule has 1 heterocycles. The van der Waals surface area contributed by atoms with Crippen LogP contribution in [0.4, 0.5) is 13.6 Å². The molecule has 1 aliphatic rings. The Morgan fingerprint density at radius 1 is 1.26 bits per heavy atom. The van der Waals surface area contributed by atoms with Crippen molar-refractivity contribution in [3.63, 3.8) is 0 Å². The molecule has 27 heavy (non-hydrogen) atoms. The van der Waals surface area contributed by atoms with Gasteiger partial charge in [-0.3, -0.25) is 15.0 Å². The van der Waals surface area contributed by atoms with E-state index in [1.807, 2.05) is 0 Å². The molecule has 0 aromatic heterocycles. The summed E-state index contributed by atoms with van der Waals surface area (Å²) in [6, 6.07) is 5.72. The summed E-state index contributed by atoms with van der Waals surface area (Å²) in [5.41, 5.74) is 4.37. The molecule has 2 N–H and O–H groups in total. The van der Waals surface area contributed by atoms with Gasteiger partial charge in [-0.1, -0.05) is 12.1 Å². The number of benzene rings is 1. The third kappa shape index (κ3) is 5.80. The number of alkyl halides is 2. The van der Waals surface area contributed by atoms with Crippen LogP contribution in [0.15, 0.2) is 24.3 Å². The fourth-order valence-electron chi connectivity index (χ4n) is 2.77. The lowest BCUT2D eigenvalue weighted by atomic mass is 9.96. The van der Waals surface area contributed by atoms with Gasteiger partial charge in [0.2, 0.25) is 5.91 Å². The molecule has 1 aliphatic heterocycles. The Kier molecular flexibility index (Phi) is 7.33. The van der Waals surface area contributed by atoms with Crippen molar-refractivity contribution in [2.75, 3.05) is 19.7 Å². The molecule has 0 aliphatic carbocycles. The zero-order chi connectivity index (χ0) is 19.8. The Morgan fingerprint density at radius 2 is 2.00 bits per heavy atom. The number of hydrazine groups is 1. The van der Waals surface area contributed by atoms with Gasteiger partial charge < -0.3 is 14.4 Å². The first-order valence-electron chi connectivity index (χ1n) is 8.48. The van der Waals surface area contributed by atoms with Gasteiger partial charge in [0.1, 0.15) is 5.75 Å². The van der Waals surface area contributed by atoms with Gasteiger partial charge in [-0.2, -0.15) is 8.78 Å². The van der Waals surface area contributed by atoms with Crippen LogP contribution in [0.2, 0.25) is 0 Å². The first-order valence-corrected chi connectivity index (χ1v) is 8.48. The van der Waals surface area contributed by atoms with Crippen molar-refractivity contribution in [3.8, 4) is 5.75 Å². The Hall–Kier alpha value is -2.91. The highest BCUT2D eigenvalue weighted by molar-refractivity contribution is 5.97. The van der Waals surface area contributed by atoms with E-state index in [2.05, 4.69) is 20.3 Å². The molecule has 0 bridgehead atoms. The van der Waals surface area contributed by atoms with E-state index in [0.29, 0.717) is 19.4 Å². The lowest BCUT2D eigenvalue weighted by molar-refractivity contribution is -0.127. The van der Waals surface area contributed by atoms with Crippen molar-refractivity contribution in [3.05, 3.63) is 29.8 Å². The van der Waals surface area contributed by atoms with E-state index >= 15 is 0 Å². The summed E-state index contributed by atoms with van der Waals surface area (Å²) in [7, 11) is 0. The Balaban J connectivity index is 2.00. The van der Waals surface area contributed by atoms with Gasteiger partial charge >= 0.3 is 12.7 Å². The van der Waals surface area contributed by atoms with Crippen molar-refractivity contribution in [2.45, 2.75) is 26.4 Å². The summed E-state index contributed by atoms with van der Waals surface area (Å²) in [6.07, 6.45) is 0.295. The summed E-state index contributed by atoms with van der Waals surface area (Å²) in [5, 5.41) is 0. The fraction of sp³-hybridized carbons (Fsp3) is 0.471.